The zero-order chi connectivity index (χ0) is 12.7. The lowest BCUT2D eigenvalue weighted by atomic mass is 10.2. The highest BCUT2D eigenvalue weighted by Gasteiger charge is 2.21. The van der Waals surface area contributed by atoms with E-state index in [-0.39, 0.29) is 10.7 Å². The monoisotopic (exact) mass is 262 g/mol. The van der Waals surface area contributed by atoms with Crippen LogP contribution in [0.5, 0.6) is 0 Å². The lowest BCUT2D eigenvalue weighted by Gasteiger charge is -1.95. The molecule has 0 radical (unpaired) electrons. The fourth-order valence-electron chi connectivity index (χ4n) is 1.72. The zero-order valence-electron chi connectivity index (χ0n) is 9.00. The molecule has 0 aliphatic rings. The number of aromatic nitrogens is 3. The van der Waals surface area contributed by atoms with Gasteiger partial charge in [-0.25, -0.2) is 9.50 Å². The van der Waals surface area contributed by atoms with Crippen LogP contribution in [0, 0.1) is 0 Å². The quantitative estimate of drug-likeness (QED) is 0.713. The van der Waals surface area contributed by atoms with E-state index in [2.05, 4.69) is 10.1 Å². The maximum atomic E-state index is 11.5. The molecule has 0 saturated heterocycles. The standard InChI is InChI=1S/C11H7ClN4O2/c12-7-3-4-16-11(14-7)8(10(13)17)9(15-16)6-2-1-5-18-6/h1-5H,(H2,13,17). The van der Waals surface area contributed by atoms with Crippen molar-refractivity contribution in [3.05, 3.63) is 41.4 Å². The van der Waals surface area contributed by atoms with Crippen LogP contribution < -0.4 is 5.73 Å². The number of fused-ring (bicyclic) bond motifs is 1. The maximum absolute atomic E-state index is 11.5. The van der Waals surface area contributed by atoms with E-state index in [1.165, 1.54) is 10.8 Å². The number of carbonyl (C=O) groups excluding carboxylic acids is 1. The van der Waals surface area contributed by atoms with E-state index in [0.29, 0.717) is 17.1 Å². The van der Waals surface area contributed by atoms with Crippen molar-refractivity contribution in [2.24, 2.45) is 5.73 Å². The fourth-order valence-corrected chi connectivity index (χ4v) is 1.86. The molecule has 2 N–H and O–H groups in total. The van der Waals surface area contributed by atoms with Crippen LogP contribution in [0.3, 0.4) is 0 Å². The average molecular weight is 263 g/mol. The number of carbonyl (C=O) groups is 1. The summed E-state index contributed by atoms with van der Waals surface area (Å²) in [5, 5.41) is 4.48. The molecule has 0 aromatic carbocycles. The van der Waals surface area contributed by atoms with Crippen LogP contribution in [0.4, 0.5) is 0 Å². The van der Waals surface area contributed by atoms with E-state index in [4.69, 9.17) is 21.8 Å². The van der Waals surface area contributed by atoms with Crippen molar-refractivity contribution in [3.8, 4) is 11.5 Å². The normalized spacial score (nSPS) is 10.9. The molecule has 3 aromatic heterocycles. The first kappa shape index (κ1) is 10.8. The predicted molar refractivity (Wildman–Crippen MR) is 64.2 cm³/mol. The van der Waals surface area contributed by atoms with E-state index in [9.17, 15) is 4.79 Å². The SMILES string of the molecule is NC(=O)c1c(-c2ccco2)nn2ccc(Cl)nc12. The lowest BCUT2D eigenvalue weighted by Crippen LogP contribution is -2.12. The summed E-state index contributed by atoms with van der Waals surface area (Å²) in [5.74, 6) is -0.184. The second kappa shape index (κ2) is 3.85. The van der Waals surface area contributed by atoms with E-state index in [1.807, 2.05) is 0 Å². The Morgan fingerprint density at radius 3 is 2.94 bits per heavy atom. The maximum Gasteiger partial charge on any atom is 0.254 e. The highest BCUT2D eigenvalue weighted by Crippen LogP contribution is 2.25. The fraction of sp³-hybridized carbons (Fsp3) is 0. The summed E-state index contributed by atoms with van der Waals surface area (Å²) in [6, 6.07) is 4.96. The number of primary amides is 1. The van der Waals surface area contributed by atoms with Crippen LogP contribution in [0.15, 0.2) is 35.1 Å². The molecule has 0 aliphatic heterocycles. The number of hydrogen-bond donors (Lipinski definition) is 1. The minimum absolute atomic E-state index is 0.187. The molecule has 18 heavy (non-hydrogen) atoms. The van der Waals surface area contributed by atoms with E-state index in [0.717, 1.165) is 0 Å². The first-order chi connectivity index (χ1) is 8.66. The van der Waals surface area contributed by atoms with Crippen LogP contribution in [-0.2, 0) is 0 Å². The zero-order valence-corrected chi connectivity index (χ0v) is 9.76. The second-order valence-corrected chi connectivity index (χ2v) is 3.97. The predicted octanol–water partition coefficient (Wildman–Crippen LogP) is 1.74. The van der Waals surface area contributed by atoms with Gasteiger partial charge in [0.25, 0.3) is 5.91 Å². The molecule has 0 saturated carbocycles. The molecule has 3 rings (SSSR count). The Morgan fingerprint density at radius 1 is 1.44 bits per heavy atom. The van der Waals surface area contributed by atoms with Gasteiger partial charge in [-0.2, -0.15) is 5.10 Å². The Hall–Kier alpha value is -2.34. The summed E-state index contributed by atoms with van der Waals surface area (Å²) in [6.07, 6.45) is 3.09. The van der Waals surface area contributed by atoms with Crippen molar-refractivity contribution in [1.29, 1.82) is 0 Å². The van der Waals surface area contributed by atoms with Gasteiger partial charge in [-0.15, -0.1) is 0 Å². The summed E-state index contributed by atoms with van der Waals surface area (Å²) in [7, 11) is 0. The van der Waals surface area contributed by atoms with Gasteiger partial charge in [0.2, 0.25) is 0 Å². The van der Waals surface area contributed by atoms with Crippen molar-refractivity contribution in [3.63, 3.8) is 0 Å². The Balaban J connectivity index is 2.38. The van der Waals surface area contributed by atoms with E-state index >= 15 is 0 Å². The van der Waals surface area contributed by atoms with Gasteiger partial charge < -0.3 is 10.2 Å². The highest BCUT2D eigenvalue weighted by molar-refractivity contribution is 6.29. The molecular weight excluding hydrogens is 256 g/mol. The minimum atomic E-state index is -0.633. The minimum Gasteiger partial charge on any atom is -0.463 e. The lowest BCUT2D eigenvalue weighted by molar-refractivity contribution is 0.100. The first-order valence-corrected chi connectivity index (χ1v) is 5.43. The van der Waals surface area contributed by atoms with Crippen LogP contribution in [0.25, 0.3) is 17.1 Å². The van der Waals surface area contributed by atoms with Crippen LogP contribution in [0.1, 0.15) is 10.4 Å². The van der Waals surface area contributed by atoms with Crippen LogP contribution in [0.2, 0.25) is 5.15 Å². The van der Waals surface area contributed by atoms with Gasteiger partial charge in [0.15, 0.2) is 11.4 Å². The molecular formula is C11H7ClN4O2. The second-order valence-electron chi connectivity index (χ2n) is 3.58. The molecule has 0 spiro atoms. The third kappa shape index (κ3) is 1.54. The number of rotatable bonds is 2. The van der Waals surface area contributed by atoms with Gasteiger partial charge in [0.05, 0.1) is 6.26 Å². The topological polar surface area (TPSA) is 86.4 Å². The molecule has 0 aliphatic carbocycles. The van der Waals surface area contributed by atoms with Crippen LogP contribution >= 0.6 is 11.6 Å². The molecule has 3 heterocycles. The van der Waals surface area contributed by atoms with Gasteiger partial charge in [-0.1, -0.05) is 11.6 Å². The van der Waals surface area contributed by atoms with Gasteiger partial charge in [-0.05, 0) is 18.2 Å². The number of nitrogens with zero attached hydrogens (tertiary/aromatic N) is 3. The smallest absolute Gasteiger partial charge is 0.254 e. The number of furan rings is 1. The van der Waals surface area contributed by atoms with Crippen molar-refractivity contribution in [1.82, 2.24) is 14.6 Å². The first-order valence-electron chi connectivity index (χ1n) is 5.05. The van der Waals surface area contributed by atoms with Crippen molar-refractivity contribution >= 4 is 23.2 Å². The number of amides is 1. The molecule has 7 heteroatoms. The molecule has 0 bridgehead atoms. The Kier molecular flexibility index (Phi) is 2.31. The van der Waals surface area contributed by atoms with E-state index in [1.54, 1.807) is 24.4 Å². The molecule has 0 fully saturated rings. The number of nitrogens with two attached hydrogens (primary N) is 1. The number of halogens is 1. The molecule has 3 aromatic rings. The third-order valence-corrected chi connectivity index (χ3v) is 2.66. The Bertz CT molecular complexity index is 733. The molecule has 6 nitrogen and oxygen atoms in total. The molecule has 0 unspecified atom stereocenters. The highest BCUT2D eigenvalue weighted by atomic mass is 35.5. The summed E-state index contributed by atoms with van der Waals surface area (Å²) < 4.78 is 6.66. The Labute approximate surface area is 106 Å². The van der Waals surface area contributed by atoms with Gasteiger partial charge in [0, 0.05) is 6.20 Å². The van der Waals surface area contributed by atoms with Crippen molar-refractivity contribution < 1.29 is 9.21 Å². The molecule has 1 amide bonds. The van der Waals surface area contributed by atoms with Crippen molar-refractivity contribution in [2.75, 3.05) is 0 Å². The summed E-state index contributed by atoms with van der Waals surface area (Å²) in [4.78, 5) is 15.6. The van der Waals surface area contributed by atoms with Gasteiger partial charge in [0.1, 0.15) is 16.4 Å². The third-order valence-electron chi connectivity index (χ3n) is 2.45. The van der Waals surface area contributed by atoms with Gasteiger partial charge >= 0.3 is 0 Å². The van der Waals surface area contributed by atoms with Gasteiger partial charge in [-0.3, -0.25) is 4.79 Å². The largest absolute Gasteiger partial charge is 0.463 e. The summed E-state index contributed by atoms with van der Waals surface area (Å²) >= 11 is 5.80. The number of hydrogen-bond acceptors (Lipinski definition) is 4. The summed E-state index contributed by atoms with van der Waals surface area (Å²) in [5.41, 5.74) is 6.21. The van der Waals surface area contributed by atoms with E-state index < -0.39 is 5.91 Å². The Morgan fingerprint density at radius 2 is 2.28 bits per heavy atom. The van der Waals surface area contributed by atoms with Crippen LogP contribution in [-0.4, -0.2) is 20.5 Å². The van der Waals surface area contributed by atoms with Crippen molar-refractivity contribution in [2.45, 2.75) is 0 Å². The summed E-state index contributed by atoms with van der Waals surface area (Å²) in [6.45, 7) is 0. The molecule has 90 valence electrons. The molecule has 0 atom stereocenters. The average Bonchev–Trinajstić information content (AvgIpc) is 2.94.